The van der Waals surface area contributed by atoms with Crippen LogP contribution in [0.5, 0.6) is 5.75 Å². The number of aromatic nitrogens is 1. The van der Waals surface area contributed by atoms with Gasteiger partial charge in [-0.1, -0.05) is 6.92 Å². The van der Waals surface area contributed by atoms with Crippen molar-refractivity contribution >= 4 is 10.9 Å². The molecule has 2 aromatic rings. The van der Waals surface area contributed by atoms with E-state index in [9.17, 15) is 0 Å². The maximum Gasteiger partial charge on any atom is 0.120 e. The van der Waals surface area contributed by atoms with E-state index in [1.165, 1.54) is 23.7 Å². The molecule has 1 aromatic heterocycles. The monoisotopic (exact) mass is 260 g/mol. The Labute approximate surface area is 115 Å². The predicted octanol–water partition coefficient (Wildman–Crippen LogP) is 3.43. The number of unbranched alkanes of at least 4 members (excludes halogenated alkanes) is 1. The van der Waals surface area contributed by atoms with Gasteiger partial charge in [0.2, 0.25) is 0 Å². The molecule has 0 saturated carbocycles. The maximum absolute atomic E-state index is 5.53. The molecular formula is C16H24N2O. The zero-order valence-electron chi connectivity index (χ0n) is 12.0. The van der Waals surface area contributed by atoms with E-state index in [4.69, 9.17) is 4.74 Å². The Morgan fingerprint density at radius 1 is 1.16 bits per heavy atom. The third-order valence-electron chi connectivity index (χ3n) is 3.31. The van der Waals surface area contributed by atoms with E-state index in [0.29, 0.717) is 0 Å². The number of benzene rings is 1. The summed E-state index contributed by atoms with van der Waals surface area (Å²) in [6, 6.07) is 8.50. The van der Waals surface area contributed by atoms with Crippen LogP contribution in [0.1, 0.15) is 26.7 Å². The van der Waals surface area contributed by atoms with Crippen molar-refractivity contribution in [2.45, 2.75) is 33.2 Å². The summed E-state index contributed by atoms with van der Waals surface area (Å²) in [7, 11) is 0. The molecule has 19 heavy (non-hydrogen) atoms. The Balaban J connectivity index is 1.96. The molecule has 104 valence electrons. The first kappa shape index (κ1) is 13.9. The van der Waals surface area contributed by atoms with Crippen LogP contribution in [-0.4, -0.2) is 24.3 Å². The summed E-state index contributed by atoms with van der Waals surface area (Å²) in [5.74, 6) is 0.958. The molecule has 1 aromatic carbocycles. The second-order valence-electron chi connectivity index (χ2n) is 4.72. The number of hydrogen-bond acceptors (Lipinski definition) is 2. The second kappa shape index (κ2) is 7.19. The lowest BCUT2D eigenvalue weighted by Crippen LogP contribution is -2.14. The van der Waals surface area contributed by atoms with Crippen LogP contribution in [0.4, 0.5) is 0 Å². The first-order valence-corrected chi connectivity index (χ1v) is 7.27. The Hall–Kier alpha value is -1.48. The van der Waals surface area contributed by atoms with Gasteiger partial charge >= 0.3 is 0 Å². The number of nitrogens with one attached hydrogen (secondary N) is 1. The van der Waals surface area contributed by atoms with Crippen LogP contribution in [0.25, 0.3) is 10.9 Å². The smallest absolute Gasteiger partial charge is 0.120 e. The van der Waals surface area contributed by atoms with Crippen LogP contribution in [0.15, 0.2) is 30.5 Å². The minimum absolute atomic E-state index is 0.719. The number of ether oxygens (including phenoxy) is 1. The third-order valence-corrected chi connectivity index (χ3v) is 3.31. The third kappa shape index (κ3) is 3.74. The molecule has 0 amide bonds. The van der Waals surface area contributed by atoms with Gasteiger partial charge < -0.3 is 14.6 Å². The molecule has 1 heterocycles. The molecule has 0 bridgehead atoms. The largest absolute Gasteiger partial charge is 0.494 e. The standard InChI is InChI=1S/C16H24N2O/c1-3-17-10-5-6-11-18-12-9-14-13-15(19-4-2)7-8-16(14)18/h7-9,12-13,17H,3-6,10-11H2,1-2H3. The first-order valence-electron chi connectivity index (χ1n) is 7.27. The van der Waals surface area contributed by atoms with Crippen LogP contribution in [0, 0.1) is 0 Å². The molecule has 0 aliphatic rings. The number of rotatable bonds is 8. The van der Waals surface area contributed by atoms with E-state index in [2.05, 4.69) is 47.3 Å². The molecule has 0 spiro atoms. The van der Waals surface area contributed by atoms with Crippen molar-refractivity contribution in [3.05, 3.63) is 30.5 Å². The van der Waals surface area contributed by atoms with E-state index in [-0.39, 0.29) is 0 Å². The average molecular weight is 260 g/mol. The van der Waals surface area contributed by atoms with Crippen LogP contribution in [-0.2, 0) is 6.54 Å². The van der Waals surface area contributed by atoms with E-state index in [0.717, 1.165) is 32.0 Å². The van der Waals surface area contributed by atoms with Crippen molar-refractivity contribution in [1.29, 1.82) is 0 Å². The lowest BCUT2D eigenvalue weighted by atomic mass is 10.2. The van der Waals surface area contributed by atoms with Crippen molar-refractivity contribution < 1.29 is 4.74 Å². The number of hydrogen-bond donors (Lipinski definition) is 1. The van der Waals surface area contributed by atoms with Gasteiger partial charge in [-0.2, -0.15) is 0 Å². The molecule has 3 heteroatoms. The molecule has 0 aliphatic heterocycles. The van der Waals surface area contributed by atoms with Gasteiger partial charge in [-0.05, 0) is 57.1 Å². The fraction of sp³-hybridized carbons (Fsp3) is 0.500. The molecule has 0 radical (unpaired) electrons. The molecule has 0 saturated heterocycles. The van der Waals surface area contributed by atoms with Crippen LogP contribution < -0.4 is 10.1 Å². The van der Waals surface area contributed by atoms with Gasteiger partial charge in [-0.15, -0.1) is 0 Å². The van der Waals surface area contributed by atoms with Gasteiger partial charge in [-0.25, -0.2) is 0 Å². The topological polar surface area (TPSA) is 26.2 Å². The van der Waals surface area contributed by atoms with Crippen LogP contribution in [0.2, 0.25) is 0 Å². The fourth-order valence-electron chi connectivity index (χ4n) is 2.34. The highest BCUT2D eigenvalue weighted by Gasteiger charge is 2.02. The summed E-state index contributed by atoms with van der Waals surface area (Å²) >= 11 is 0. The van der Waals surface area contributed by atoms with Crippen molar-refractivity contribution in [3.8, 4) is 5.75 Å². The molecule has 0 aliphatic carbocycles. The minimum atomic E-state index is 0.719. The molecule has 0 atom stereocenters. The van der Waals surface area contributed by atoms with E-state index in [1.54, 1.807) is 0 Å². The zero-order valence-corrected chi connectivity index (χ0v) is 12.0. The molecule has 0 fully saturated rings. The SMILES string of the molecule is CCNCCCCn1ccc2cc(OCC)ccc21. The quantitative estimate of drug-likeness (QED) is 0.736. The highest BCUT2D eigenvalue weighted by molar-refractivity contribution is 5.81. The molecule has 1 N–H and O–H groups in total. The summed E-state index contributed by atoms with van der Waals surface area (Å²) in [6.07, 6.45) is 4.61. The maximum atomic E-state index is 5.53. The Bertz CT molecular complexity index is 504. The zero-order chi connectivity index (χ0) is 13.5. The highest BCUT2D eigenvalue weighted by atomic mass is 16.5. The van der Waals surface area contributed by atoms with Crippen molar-refractivity contribution in [1.82, 2.24) is 9.88 Å². The van der Waals surface area contributed by atoms with Crippen molar-refractivity contribution in [2.75, 3.05) is 19.7 Å². The summed E-state index contributed by atoms with van der Waals surface area (Å²) in [5.41, 5.74) is 1.30. The summed E-state index contributed by atoms with van der Waals surface area (Å²) in [5, 5.41) is 4.62. The van der Waals surface area contributed by atoms with Crippen LogP contribution in [0.3, 0.4) is 0 Å². The Kier molecular flexibility index (Phi) is 5.28. The molecular weight excluding hydrogens is 236 g/mol. The van der Waals surface area contributed by atoms with Gasteiger partial charge in [0.25, 0.3) is 0 Å². The Morgan fingerprint density at radius 2 is 2.05 bits per heavy atom. The first-order chi connectivity index (χ1) is 9.35. The Morgan fingerprint density at radius 3 is 2.84 bits per heavy atom. The van der Waals surface area contributed by atoms with E-state index >= 15 is 0 Å². The molecule has 2 rings (SSSR count). The predicted molar refractivity (Wildman–Crippen MR) is 80.9 cm³/mol. The van der Waals surface area contributed by atoms with E-state index < -0.39 is 0 Å². The summed E-state index contributed by atoms with van der Waals surface area (Å²) in [4.78, 5) is 0. The summed E-state index contributed by atoms with van der Waals surface area (Å²) in [6.45, 7) is 8.14. The number of aryl methyl sites for hydroxylation is 1. The van der Waals surface area contributed by atoms with Gasteiger partial charge in [0, 0.05) is 23.6 Å². The lowest BCUT2D eigenvalue weighted by Gasteiger charge is -2.07. The van der Waals surface area contributed by atoms with E-state index in [1.807, 2.05) is 6.92 Å². The number of fused-ring (bicyclic) bond motifs is 1. The normalized spacial score (nSPS) is 11.1. The minimum Gasteiger partial charge on any atom is -0.494 e. The van der Waals surface area contributed by atoms with Gasteiger partial charge in [0.05, 0.1) is 6.61 Å². The molecule has 3 nitrogen and oxygen atoms in total. The lowest BCUT2D eigenvalue weighted by molar-refractivity contribution is 0.340. The highest BCUT2D eigenvalue weighted by Crippen LogP contribution is 2.22. The number of nitrogens with zero attached hydrogens (tertiary/aromatic N) is 1. The fourth-order valence-corrected chi connectivity index (χ4v) is 2.34. The van der Waals surface area contributed by atoms with Gasteiger partial charge in [0.1, 0.15) is 5.75 Å². The second-order valence-corrected chi connectivity index (χ2v) is 4.72. The summed E-state index contributed by atoms with van der Waals surface area (Å²) < 4.78 is 7.86. The van der Waals surface area contributed by atoms with Crippen molar-refractivity contribution in [3.63, 3.8) is 0 Å². The average Bonchev–Trinajstić information content (AvgIpc) is 2.82. The van der Waals surface area contributed by atoms with Crippen LogP contribution >= 0.6 is 0 Å². The van der Waals surface area contributed by atoms with Gasteiger partial charge in [-0.3, -0.25) is 0 Å². The molecule has 0 unspecified atom stereocenters. The van der Waals surface area contributed by atoms with Crippen molar-refractivity contribution in [2.24, 2.45) is 0 Å². The van der Waals surface area contributed by atoms with Gasteiger partial charge in [0.15, 0.2) is 0 Å².